The molecule has 0 spiro atoms. The summed E-state index contributed by atoms with van der Waals surface area (Å²) in [6.45, 7) is 0. The van der Waals surface area contributed by atoms with E-state index in [1.54, 1.807) is 13.1 Å². The first-order valence-electron chi connectivity index (χ1n) is 6.46. The summed E-state index contributed by atoms with van der Waals surface area (Å²) in [5, 5.41) is 5.98. The molecule has 0 saturated heterocycles. The Kier molecular flexibility index (Phi) is 3.62. The molecule has 0 unspecified atom stereocenters. The van der Waals surface area contributed by atoms with E-state index in [4.69, 9.17) is 16.3 Å². The van der Waals surface area contributed by atoms with Crippen molar-refractivity contribution in [3.8, 4) is 11.6 Å². The van der Waals surface area contributed by atoms with E-state index < -0.39 is 0 Å². The van der Waals surface area contributed by atoms with Gasteiger partial charge in [-0.05, 0) is 30.2 Å². The van der Waals surface area contributed by atoms with Crippen molar-refractivity contribution < 1.29 is 9.53 Å². The molecule has 1 aliphatic rings. The lowest BCUT2D eigenvalue weighted by molar-refractivity contribution is -0.116. The first kappa shape index (κ1) is 13.6. The molecule has 0 saturated carbocycles. The molecule has 7 heteroatoms. The molecule has 2 N–H and O–H groups in total. The van der Waals surface area contributed by atoms with Gasteiger partial charge in [0.05, 0.1) is 6.20 Å². The predicted octanol–water partition coefficient (Wildman–Crippen LogP) is 2.85. The molecule has 3 rings (SSSR count). The van der Waals surface area contributed by atoms with Gasteiger partial charge in [-0.15, -0.1) is 0 Å². The molecule has 1 aromatic heterocycles. The average molecular weight is 305 g/mol. The van der Waals surface area contributed by atoms with Crippen LogP contribution in [-0.2, 0) is 11.2 Å². The molecule has 0 atom stereocenters. The number of carbonyl (C=O) groups excluding carboxylic acids is 1. The van der Waals surface area contributed by atoms with Gasteiger partial charge in [0, 0.05) is 19.2 Å². The number of nitrogens with zero attached hydrogens (tertiary/aromatic N) is 2. The van der Waals surface area contributed by atoms with Crippen LogP contribution in [0.2, 0.25) is 5.02 Å². The second-order valence-electron chi connectivity index (χ2n) is 4.57. The maximum Gasteiger partial charge on any atom is 0.243 e. The van der Waals surface area contributed by atoms with Crippen LogP contribution < -0.4 is 15.4 Å². The molecule has 1 amide bonds. The number of hydrogen-bond donors (Lipinski definition) is 2. The van der Waals surface area contributed by atoms with Crippen molar-refractivity contribution in [2.75, 3.05) is 17.7 Å². The quantitative estimate of drug-likeness (QED) is 0.912. The average Bonchev–Trinajstić information content (AvgIpc) is 2.49. The Morgan fingerprint density at radius 1 is 1.38 bits per heavy atom. The monoisotopic (exact) mass is 304 g/mol. The van der Waals surface area contributed by atoms with Gasteiger partial charge >= 0.3 is 0 Å². The van der Waals surface area contributed by atoms with Gasteiger partial charge in [-0.1, -0.05) is 11.6 Å². The predicted molar refractivity (Wildman–Crippen MR) is 80.1 cm³/mol. The molecule has 1 aromatic carbocycles. The maximum absolute atomic E-state index is 11.3. The van der Waals surface area contributed by atoms with Crippen LogP contribution >= 0.6 is 11.6 Å². The lowest BCUT2D eigenvalue weighted by atomic mass is 10.0. The van der Waals surface area contributed by atoms with Gasteiger partial charge < -0.3 is 15.4 Å². The van der Waals surface area contributed by atoms with E-state index >= 15 is 0 Å². The number of nitrogens with one attached hydrogen (secondary N) is 2. The summed E-state index contributed by atoms with van der Waals surface area (Å²) in [6.07, 6.45) is 2.65. The largest absolute Gasteiger partial charge is 0.437 e. The Hall–Kier alpha value is -2.34. The number of carbonyl (C=O) groups is 1. The number of ether oxygens (including phenoxy) is 1. The topological polar surface area (TPSA) is 76.1 Å². The fraction of sp³-hybridized carbons (Fsp3) is 0.214. The standard InChI is InChI=1S/C14H13ClN4O2/c1-16-14-17-7-10(15)13(19-14)21-9-3-4-11-8(6-9)2-5-12(20)18-11/h3-4,6-7H,2,5H2,1H3,(H,18,20)(H,16,17,19). The SMILES string of the molecule is CNc1ncc(Cl)c(Oc2ccc3c(c2)CCC(=O)N3)n1. The van der Waals surface area contributed by atoms with Crippen LogP contribution in [0.3, 0.4) is 0 Å². The number of fused-ring (bicyclic) bond motifs is 1. The Balaban J connectivity index is 1.87. The number of anilines is 2. The van der Waals surface area contributed by atoms with Crippen molar-refractivity contribution in [1.29, 1.82) is 0 Å². The van der Waals surface area contributed by atoms with Crippen LogP contribution in [0.5, 0.6) is 11.6 Å². The molecule has 6 nitrogen and oxygen atoms in total. The summed E-state index contributed by atoms with van der Waals surface area (Å²) < 4.78 is 5.71. The van der Waals surface area contributed by atoms with E-state index in [0.717, 1.165) is 11.3 Å². The molecular formula is C14H13ClN4O2. The summed E-state index contributed by atoms with van der Waals surface area (Å²) in [4.78, 5) is 19.5. The van der Waals surface area contributed by atoms with E-state index in [1.165, 1.54) is 6.20 Å². The molecule has 2 aromatic rings. The maximum atomic E-state index is 11.3. The summed E-state index contributed by atoms with van der Waals surface area (Å²) >= 11 is 6.03. The highest BCUT2D eigenvalue weighted by molar-refractivity contribution is 6.31. The summed E-state index contributed by atoms with van der Waals surface area (Å²) in [5.74, 6) is 1.37. The second-order valence-corrected chi connectivity index (χ2v) is 4.97. The molecule has 108 valence electrons. The van der Waals surface area contributed by atoms with Gasteiger partial charge in [-0.2, -0.15) is 4.98 Å². The van der Waals surface area contributed by atoms with Crippen molar-refractivity contribution in [3.05, 3.63) is 35.0 Å². The van der Waals surface area contributed by atoms with Crippen LogP contribution in [0.15, 0.2) is 24.4 Å². The minimum Gasteiger partial charge on any atom is -0.437 e. The van der Waals surface area contributed by atoms with Gasteiger partial charge in [0.15, 0.2) is 0 Å². The van der Waals surface area contributed by atoms with Gasteiger partial charge in [-0.3, -0.25) is 4.79 Å². The highest BCUT2D eigenvalue weighted by Crippen LogP contribution is 2.31. The van der Waals surface area contributed by atoms with Gasteiger partial charge in [0.25, 0.3) is 0 Å². The Morgan fingerprint density at radius 2 is 2.24 bits per heavy atom. The number of aryl methyl sites for hydroxylation is 1. The van der Waals surface area contributed by atoms with Crippen LogP contribution in [-0.4, -0.2) is 22.9 Å². The lowest BCUT2D eigenvalue weighted by Crippen LogP contribution is -2.18. The number of aromatic nitrogens is 2. The summed E-state index contributed by atoms with van der Waals surface area (Å²) in [6, 6.07) is 5.46. The van der Waals surface area contributed by atoms with Crippen molar-refractivity contribution in [2.45, 2.75) is 12.8 Å². The zero-order valence-electron chi connectivity index (χ0n) is 11.3. The highest BCUT2D eigenvalue weighted by atomic mass is 35.5. The fourth-order valence-corrected chi connectivity index (χ4v) is 2.21. The number of rotatable bonds is 3. The van der Waals surface area contributed by atoms with Crippen LogP contribution in [0.25, 0.3) is 0 Å². The smallest absolute Gasteiger partial charge is 0.243 e. The zero-order chi connectivity index (χ0) is 14.8. The Morgan fingerprint density at radius 3 is 3.05 bits per heavy atom. The van der Waals surface area contributed by atoms with Gasteiger partial charge in [0.2, 0.25) is 17.7 Å². The van der Waals surface area contributed by atoms with E-state index in [-0.39, 0.29) is 11.8 Å². The van der Waals surface area contributed by atoms with E-state index in [2.05, 4.69) is 20.6 Å². The molecule has 0 fully saturated rings. The van der Waals surface area contributed by atoms with Crippen molar-refractivity contribution in [3.63, 3.8) is 0 Å². The molecule has 0 radical (unpaired) electrons. The highest BCUT2D eigenvalue weighted by Gasteiger charge is 2.16. The van der Waals surface area contributed by atoms with Gasteiger partial charge in [0.1, 0.15) is 10.8 Å². The summed E-state index contributed by atoms with van der Waals surface area (Å²) in [7, 11) is 1.72. The van der Waals surface area contributed by atoms with E-state index in [9.17, 15) is 4.79 Å². The third kappa shape index (κ3) is 2.90. The molecule has 1 aliphatic heterocycles. The number of amides is 1. The lowest BCUT2D eigenvalue weighted by Gasteiger charge is -2.17. The normalized spacial score (nSPS) is 13.3. The van der Waals surface area contributed by atoms with Crippen molar-refractivity contribution in [2.24, 2.45) is 0 Å². The second kappa shape index (κ2) is 5.57. The van der Waals surface area contributed by atoms with Crippen LogP contribution in [0.4, 0.5) is 11.6 Å². The minimum absolute atomic E-state index is 0.0358. The fourth-order valence-electron chi connectivity index (χ4n) is 2.08. The Bertz CT molecular complexity index is 705. The number of benzene rings is 1. The third-order valence-corrected chi connectivity index (χ3v) is 3.38. The van der Waals surface area contributed by atoms with Crippen LogP contribution in [0.1, 0.15) is 12.0 Å². The Labute approximate surface area is 126 Å². The van der Waals surface area contributed by atoms with Crippen molar-refractivity contribution in [1.82, 2.24) is 9.97 Å². The first-order valence-corrected chi connectivity index (χ1v) is 6.84. The molecule has 21 heavy (non-hydrogen) atoms. The van der Waals surface area contributed by atoms with E-state index in [1.807, 2.05) is 12.1 Å². The van der Waals surface area contributed by atoms with Crippen LogP contribution in [0, 0.1) is 0 Å². The first-order chi connectivity index (χ1) is 10.2. The number of hydrogen-bond acceptors (Lipinski definition) is 5. The molecular weight excluding hydrogens is 292 g/mol. The zero-order valence-corrected chi connectivity index (χ0v) is 12.1. The summed E-state index contributed by atoms with van der Waals surface area (Å²) in [5.41, 5.74) is 1.86. The molecule has 0 aliphatic carbocycles. The van der Waals surface area contributed by atoms with Crippen molar-refractivity contribution >= 4 is 29.1 Å². The van der Waals surface area contributed by atoms with E-state index in [0.29, 0.717) is 29.6 Å². The van der Waals surface area contributed by atoms with Gasteiger partial charge in [-0.25, -0.2) is 4.98 Å². The minimum atomic E-state index is 0.0358. The molecule has 0 bridgehead atoms. The molecule has 2 heterocycles. The number of halogens is 1. The third-order valence-electron chi connectivity index (χ3n) is 3.12.